The van der Waals surface area contributed by atoms with Crippen LogP contribution in [0.4, 0.5) is 10.5 Å². The van der Waals surface area contributed by atoms with Gasteiger partial charge in [0.2, 0.25) is 0 Å². The van der Waals surface area contributed by atoms with Crippen LogP contribution in [0.1, 0.15) is 57.8 Å². The summed E-state index contributed by atoms with van der Waals surface area (Å²) in [5, 5.41) is 3.28. The third-order valence-electron chi connectivity index (χ3n) is 6.20. The summed E-state index contributed by atoms with van der Waals surface area (Å²) in [6.07, 6.45) is 1.46. The van der Waals surface area contributed by atoms with Crippen LogP contribution in [-0.2, 0) is 9.47 Å². The molecule has 1 aromatic rings. The maximum absolute atomic E-state index is 12.9. The first-order valence-electron chi connectivity index (χ1n) is 12.8. The molecular formula is C26H41ClN4O5. The van der Waals surface area contributed by atoms with Crippen LogP contribution in [0.2, 0.25) is 5.02 Å². The lowest BCUT2D eigenvalue weighted by Crippen LogP contribution is -2.50. The molecule has 0 bridgehead atoms. The molecule has 2 amide bonds. The number of morpholine rings is 1. The van der Waals surface area contributed by atoms with Crippen LogP contribution in [0.25, 0.3) is 0 Å². The minimum absolute atomic E-state index is 0.108. The third kappa shape index (κ3) is 8.42. The summed E-state index contributed by atoms with van der Waals surface area (Å²) in [6, 6.07) is 3.13. The second-order valence-corrected chi connectivity index (χ2v) is 11.3. The van der Waals surface area contributed by atoms with E-state index >= 15 is 0 Å². The summed E-state index contributed by atoms with van der Waals surface area (Å²) >= 11 is 6.16. The van der Waals surface area contributed by atoms with Gasteiger partial charge in [0.05, 0.1) is 35.1 Å². The molecule has 2 saturated heterocycles. The first-order valence-corrected chi connectivity index (χ1v) is 13.1. The van der Waals surface area contributed by atoms with Crippen molar-refractivity contribution in [3.05, 3.63) is 22.7 Å². The molecule has 0 spiro atoms. The fourth-order valence-electron chi connectivity index (χ4n) is 4.46. The average Bonchev–Trinajstić information content (AvgIpc) is 2.79. The van der Waals surface area contributed by atoms with E-state index in [2.05, 4.69) is 10.2 Å². The Labute approximate surface area is 219 Å². The monoisotopic (exact) mass is 524 g/mol. The number of nitrogen functional groups attached to an aromatic ring is 1. The number of amides is 2. The van der Waals surface area contributed by atoms with Gasteiger partial charge in [-0.05, 0) is 59.4 Å². The lowest BCUT2D eigenvalue weighted by atomic mass is 9.96. The zero-order valence-electron chi connectivity index (χ0n) is 22.1. The molecule has 36 heavy (non-hydrogen) atoms. The van der Waals surface area contributed by atoms with Gasteiger partial charge in [-0.15, -0.1) is 0 Å². The van der Waals surface area contributed by atoms with Crippen molar-refractivity contribution in [1.29, 1.82) is 0 Å². The van der Waals surface area contributed by atoms with Crippen LogP contribution in [0.3, 0.4) is 0 Å². The SMILES string of the molecule is CC(C)Oc1cc(N)c(Cl)cc1C(=O)NCC1CN(CC2CCN(C(=O)OC(C)(C)C)CC2)CCO1. The zero-order valence-corrected chi connectivity index (χ0v) is 22.9. The number of benzene rings is 1. The normalized spacial score (nSPS) is 19.9. The zero-order chi connectivity index (χ0) is 26.5. The maximum atomic E-state index is 12.9. The molecule has 0 aliphatic carbocycles. The maximum Gasteiger partial charge on any atom is 0.410 e. The van der Waals surface area contributed by atoms with Gasteiger partial charge in [-0.2, -0.15) is 0 Å². The lowest BCUT2D eigenvalue weighted by molar-refractivity contribution is -0.0342. The highest BCUT2D eigenvalue weighted by Gasteiger charge is 2.29. The third-order valence-corrected chi connectivity index (χ3v) is 6.53. The highest BCUT2D eigenvalue weighted by molar-refractivity contribution is 6.33. The highest BCUT2D eigenvalue weighted by atomic mass is 35.5. The van der Waals surface area contributed by atoms with Crippen molar-refractivity contribution in [3.8, 4) is 5.75 Å². The van der Waals surface area contributed by atoms with Crippen LogP contribution in [0.5, 0.6) is 5.75 Å². The van der Waals surface area contributed by atoms with Crippen molar-refractivity contribution < 1.29 is 23.8 Å². The number of carbonyl (C=O) groups excluding carboxylic acids is 2. The average molecular weight is 525 g/mol. The van der Waals surface area contributed by atoms with E-state index in [4.69, 9.17) is 31.5 Å². The molecule has 1 atom stereocenters. The number of anilines is 1. The highest BCUT2D eigenvalue weighted by Crippen LogP contribution is 2.30. The number of halogens is 1. The Kier molecular flexibility index (Phi) is 9.72. The molecule has 0 aromatic heterocycles. The number of rotatable bonds is 7. The molecule has 0 saturated carbocycles. The number of nitrogens with zero attached hydrogens (tertiary/aromatic N) is 2. The van der Waals surface area contributed by atoms with Crippen molar-refractivity contribution in [2.24, 2.45) is 5.92 Å². The number of hydrogen-bond donors (Lipinski definition) is 2. The van der Waals surface area contributed by atoms with Crippen molar-refractivity contribution in [2.75, 3.05) is 51.6 Å². The molecule has 3 N–H and O–H groups in total. The largest absolute Gasteiger partial charge is 0.490 e. The molecule has 202 valence electrons. The van der Waals surface area contributed by atoms with Crippen molar-refractivity contribution in [1.82, 2.24) is 15.1 Å². The number of nitrogens with one attached hydrogen (secondary N) is 1. The van der Waals surface area contributed by atoms with E-state index in [0.29, 0.717) is 54.2 Å². The Morgan fingerprint density at radius 3 is 2.56 bits per heavy atom. The van der Waals surface area contributed by atoms with Crippen LogP contribution in [-0.4, -0.2) is 85.5 Å². The van der Waals surface area contributed by atoms with Crippen LogP contribution < -0.4 is 15.8 Å². The van der Waals surface area contributed by atoms with E-state index in [0.717, 1.165) is 32.5 Å². The number of piperidine rings is 1. The van der Waals surface area contributed by atoms with Gasteiger partial charge in [-0.1, -0.05) is 11.6 Å². The quantitative estimate of drug-likeness (QED) is 0.523. The van der Waals surface area contributed by atoms with E-state index < -0.39 is 5.60 Å². The van der Waals surface area contributed by atoms with Crippen LogP contribution >= 0.6 is 11.6 Å². The molecule has 2 heterocycles. The van der Waals surface area contributed by atoms with Gasteiger partial charge >= 0.3 is 6.09 Å². The molecular weight excluding hydrogens is 484 g/mol. The second-order valence-electron chi connectivity index (χ2n) is 10.9. The molecule has 2 aliphatic heterocycles. The van der Waals surface area contributed by atoms with Crippen molar-refractivity contribution in [2.45, 2.75) is 65.3 Å². The number of likely N-dealkylation sites (tertiary alicyclic amines) is 1. The molecule has 9 nitrogen and oxygen atoms in total. The van der Waals surface area contributed by atoms with E-state index in [1.54, 1.807) is 17.0 Å². The number of hydrogen-bond acceptors (Lipinski definition) is 7. The fourth-order valence-corrected chi connectivity index (χ4v) is 4.62. The topological polar surface area (TPSA) is 106 Å². The second kappa shape index (κ2) is 12.3. The molecule has 2 aliphatic rings. The Balaban J connectivity index is 1.47. The number of nitrogens with two attached hydrogens (primary N) is 1. The van der Waals surface area contributed by atoms with Gasteiger partial charge < -0.3 is 30.2 Å². The van der Waals surface area contributed by atoms with Crippen LogP contribution in [0, 0.1) is 5.92 Å². The Hall–Kier alpha value is -2.23. The van der Waals surface area contributed by atoms with Gasteiger partial charge in [0.25, 0.3) is 5.91 Å². The molecule has 1 aromatic carbocycles. The number of carbonyl (C=O) groups is 2. The summed E-state index contributed by atoms with van der Waals surface area (Å²) in [4.78, 5) is 29.4. The summed E-state index contributed by atoms with van der Waals surface area (Å²) in [5.74, 6) is 0.654. The van der Waals surface area contributed by atoms with E-state index in [1.165, 1.54) is 0 Å². The molecule has 10 heteroatoms. The minimum Gasteiger partial charge on any atom is -0.490 e. The molecule has 3 rings (SSSR count). The number of ether oxygens (including phenoxy) is 3. The standard InChI is InChI=1S/C26H41ClN4O5/c1-17(2)35-23-13-22(28)21(27)12-20(23)24(32)29-14-19-16-30(10-11-34-19)15-18-6-8-31(9-7-18)25(33)36-26(3,4)5/h12-13,17-19H,6-11,14-16,28H2,1-5H3,(H,29,32). The van der Waals surface area contributed by atoms with E-state index in [-0.39, 0.29) is 24.2 Å². The Morgan fingerprint density at radius 1 is 1.22 bits per heavy atom. The van der Waals surface area contributed by atoms with E-state index in [9.17, 15) is 9.59 Å². The van der Waals surface area contributed by atoms with Crippen LogP contribution in [0.15, 0.2) is 12.1 Å². The summed E-state index contributed by atoms with van der Waals surface area (Å²) < 4.78 is 17.2. The van der Waals surface area contributed by atoms with Gasteiger partial charge in [-0.3, -0.25) is 9.69 Å². The minimum atomic E-state index is -0.477. The van der Waals surface area contributed by atoms with E-state index in [1.807, 2.05) is 34.6 Å². The Morgan fingerprint density at radius 2 is 1.92 bits per heavy atom. The van der Waals surface area contributed by atoms with Gasteiger partial charge in [0.1, 0.15) is 11.4 Å². The predicted octanol–water partition coefficient (Wildman–Crippen LogP) is 3.79. The smallest absolute Gasteiger partial charge is 0.410 e. The van der Waals surface area contributed by atoms with Gasteiger partial charge in [0.15, 0.2) is 0 Å². The Bertz CT molecular complexity index is 912. The fraction of sp³-hybridized carbons (Fsp3) is 0.692. The van der Waals surface area contributed by atoms with Gasteiger partial charge in [0, 0.05) is 45.3 Å². The van der Waals surface area contributed by atoms with Crippen molar-refractivity contribution in [3.63, 3.8) is 0 Å². The lowest BCUT2D eigenvalue weighted by Gasteiger charge is -2.38. The molecule has 2 fully saturated rings. The summed E-state index contributed by atoms with van der Waals surface area (Å²) in [5.41, 5.74) is 6.14. The first kappa shape index (κ1) is 28.3. The predicted molar refractivity (Wildman–Crippen MR) is 141 cm³/mol. The molecule has 1 unspecified atom stereocenters. The summed E-state index contributed by atoms with van der Waals surface area (Å²) in [6.45, 7) is 14.4. The van der Waals surface area contributed by atoms with Gasteiger partial charge in [-0.25, -0.2) is 4.79 Å². The molecule has 0 radical (unpaired) electrons. The van der Waals surface area contributed by atoms with Crippen molar-refractivity contribution >= 4 is 29.3 Å². The first-order chi connectivity index (χ1) is 16.9. The summed E-state index contributed by atoms with van der Waals surface area (Å²) in [7, 11) is 0.